The second-order valence-corrected chi connectivity index (χ2v) is 6.30. The van der Waals surface area contributed by atoms with Crippen molar-refractivity contribution in [3.8, 4) is 11.5 Å². The molecule has 1 amide bonds. The molecule has 0 fully saturated rings. The van der Waals surface area contributed by atoms with E-state index < -0.39 is 17.9 Å². The zero-order chi connectivity index (χ0) is 17.1. The normalized spacial score (nSPS) is 13.6. The molecule has 7 heteroatoms. The van der Waals surface area contributed by atoms with Gasteiger partial charge < -0.3 is 20.5 Å². The van der Waals surface area contributed by atoms with Gasteiger partial charge in [0.25, 0.3) is 0 Å². The largest absolute Gasteiger partial charge is 0.493 e. The van der Waals surface area contributed by atoms with Crippen LogP contribution >= 0.6 is 12.4 Å². The quantitative estimate of drug-likeness (QED) is 0.858. The molecule has 0 heterocycles. The molecule has 1 aromatic rings. The summed E-state index contributed by atoms with van der Waals surface area (Å²) < 4.78 is 24.4. The third-order valence-corrected chi connectivity index (χ3v) is 3.54. The van der Waals surface area contributed by atoms with Crippen LogP contribution in [0.3, 0.4) is 0 Å². The van der Waals surface area contributed by atoms with Gasteiger partial charge in [-0.25, -0.2) is 4.39 Å². The van der Waals surface area contributed by atoms with E-state index in [0.717, 1.165) is 0 Å². The highest BCUT2D eigenvalue weighted by molar-refractivity contribution is 5.85. The zero-order valence-electron chi connectivity index (χ0n) is 14.4. The first kappa shape index (κ1) is 21.5. The summed E-state index contributed by atoms with van der Waals surface area (Å²) in [6.45, 7) is 7.31. The van der Waals surface area contributed by atoms with Crippen LogP contribution < -0.4 is 20.5 Å². The van der Waals surface area contributed by atoms with E-state index in [1.807, 2.05) is 20.8 Å². The summed E-state index contributed by atoms with van der Waals surface area (Å²) in [6.07, 6.45) is 0. The van der Waals surface area contributed by atoms with E-state index in [4.69, 9.17) is 15.2 Å². The predicted molar refractivity (Wildman–Crippen MR) is 90.7 cm³/mol. The number of benzene rings is 1. The molecule has 5 nitrogen and oxygen atoms in total. The SMILES string of the molecule is COc1cc(F)c(C(C)NC(=O)[C@@H](N)C(C)(C)C)cc1OC.Cl. The lowest BCUT2D eigenvalue weighted by atomic mass is 9.86. The molecule has 0 saturated heterocycles. The maximum atomic E-state index is 14.2. The Hall–Kier alpha value is -1.53. The Balaban J connectivity index is 0.00000484. The standard InChI is InChI=1S/C16H25FN2O3.ClH/c1-9(19-15(20)14(18)16(2,3)4)10-7-12(21-5)13(22-6)8-11(10)17;/h7-9,14H,18H2,1-6H3,(H,19,20);1H/t9?,14-;/m1./s1. The van der Waals surface area contributed by atoms with Crippen molar-refractivity contribution in [3.63, 3.8) is 0 Å². The molecule has 1 rings (SSSR count). The van der Waals surface area contributed by atoms with Crippen molar-refractivity contribution in [1.82, 2.24) is 5.32 Å². The number of nitrogens with two attached hydrogens (primary N) is 1. The highest BCUT2D eigenvalue weighted by atomic mass is 35.5. The van der Waals surface area contributed by atoms with E-state index in [2.05, 4.69) is 5.32 Å². The lowest BCUT2D eigenvalue weighted by molar-refractivity contribution is -0.125. The summed E-state index contributed by atoms with van der Waals surface area (Å²) in [4.78, 5) is 12.1. The summed E-state index contributed by atoms with van der Waals surface area (Å²) in [5, 5.41) is 2.73. The van der Waals surface area contributed by atoms with E-state index in [1.165, 1.54) is 26.4 Å². The summed E-state index contributed by atoms with van der Waals surface area (Å²) in [7, 11) is 2.91. The van der Waals surface area contributed by atoms with E-state index in [1.54, 1.807) is 6.92 Å². The minimum atomic E-state index is -0.682. The molecule has 1 aromatic carbocycles. The molecule has 132 valence electrons. The maximum Gasteiger partial charge on any atom is 0.237 e. The molecular formula is C16H26ClFN2O3. The van der Waals surface area contributed by atoms with Gasteiger partial charge in [-0.3, -0.25) is 4.79 Å². The van der Waals surface area contributed by atoms with Gasteiger partial charge in [0.05, 0.1) is 26.3 Å². The Kier molecular flexibility index (Phi) is 7.80. The predicted octanol–water partition coefficient (Wildman–Crippen LogP) is 2.82. The van der Waals surface area contributed by atoms with Gasteiger partial charge in [0, 0.05) is 11.6 Å². The van der Waals surface area contributed by atoms with E-state index >= 15 is 0 Å². The van der Waals surface area contributed by atoms with Gasteiger partial charge in [-0.2, -0.15) is 0 Å². The molecule has 0 spiro atoms. The Morgan fingerprint density at radius 3 is 2.13 bits per heavy atom. The lowest BCUT2D eigenvalue weighted by Crippen LogP contribution is -2.49. The molecule has 0 aliphatic rings. The van der Waals surface area contributed by atoms with Crippen LogP contribution in [0.2, 0.25) is 0 Å². The van der Waals surface area contributed by atoms with Gasteiger partial charge in [-0.1, -0.05) is 20.8 Å². The fourth-order valence-corrected chi connectivity index (χ4v) is 1.98. The number of amides is 1. The number of hydrogen-bond acceptors (Lipinski definition) is 4. The van der Waals surface area contributed by atoms with Crippen molar-refractivity contribution in [3.05, 3.63) is 23.5 Å². The number of halogens is 2. The van der Waals surface area contributed by atoms with Crippen LogP contribution in [0.4, 0.5) is 4.39 Å². The first-order valence-corrected chi connectivity index (χ1v) is 7.09. The maximum absolute atomic E-state index is 14.2. The molecule has 0 radical (unpaired) electrons. The van der Waals surface area contributed by atoms with E-state index in [-0.39, 0.29) is 23.7 Å². The summed E-state index contributed by atoms with van der Waals surface area (Å²) in [5.41, 5.74) is 5.85. The molecule has 0 aliphatic heterocycles. The van der Waals surface area contributed by atoms with Gasteiger partial charge in [0.1, 0.15) is 5.82 Å². The van der Waals surface area contributed by atoms with E-state index in [0.29, 0.717) is 17.1 Å². The van der Waals surface area contributed by atoms with Crippen LogP contribution in [0.5, 0.6) is 11.5 Å². The van der Waals surface area contributed by atoms with Crippen molar-refractivity contribution in [2.75, 3.05) is 14.2 Å². The van der Waals surface area contributed by atoms with Crippen molar-refractivity contribution < 1.29 is 18.7 Å². The van der Waals surface area contributed by atoms with Gasteiger partial charge in [-0.05, 0) is 18.4 Å². The minimum absolute atomic E-state index is 0. The first-order chi connectivity index (χ1) is 10.1. The summed E-state index contributed by atoms with van der Waals surface area (Å²) in [6, 6.07) is 1.53. The molecule has 0 aliphatic carbocycles. The topological polar surface area (TPSA) is 73.6 Å². The highest BCUT2D eigenvalue weighted by Gasteiger charge is 2.29. The Labute approximate surface area is 143 Å². The lowest BCUT2D eigenvalue weighted by Gasteiger charge is -2.27. The minimum Gasteiger partial charge on any atom is -0.493 e. The molecule has 2 atom stereocenters. The van der Waals surface area contributed by atoms with Gasteiger partial charge >= 0.3 is 0 Å². The number of nitrogens with one attached hydrogen (secondary N) is 1. The smallest absolute Gasteiger partial charge is 0.237 e. The summed E-state index contributed by atoms with van der Waals surface area (Å²) in [5.74, 6) is -0.0993. The van der Waals surface area contributed by atoms with Gasteiger partial charge in [-0.15, -0.1) is 12.4 Å². The number of rotatable bonds is 5. The highest BCUT2D eigenvalue weighted by Crippen LogP contribution is 2.32. The molecular weight excluding hydrogens is 323 g/mol. The molecule has 0 saturated carbocycles. The van der Waals surface area contributed by atoms with Crippen molar-refractivity contribution in [1.29, 1.82) is 0 Å². The number of carbonyl (C=O) groups excluding carboxylic acids is 1. The number of hydrogen-bond donors (Lipinski definition) is 2. The van der Waals surface area contributed by atoms with Crippen LogP contribution in [0.25, 0.3) is 0 Å². The van der Waals surface area contributed by atoms with Crippen LogP contribution in [-0.2, 0) is 4.79 Å². The second-order valence-electron chi connectivity index (χ2n) is 6.30. The molecule has 23 heavy (non-hydrogen) atoms. The number of carbonyl (C=O) groups is 1. The van der Waals surface area contributed by atoms with Crippen LogP contribution in [0.15, 0.2) is 12.1 Å². The Bertz CT molecular complexity index is 547. The second kappa shape index (κ2) is 8.36. The number of methoxy groups -OCH3 is 2. The van der Waals surface area contributed by atoms with Crippen molar-refractivity contribution >= 4 is 18.3 Å². The van der Waals surface area contributed by atoms with Crippen molar-refractivity contribution in [2.24, 2.45) is 11.1 Å². The van der Waals surface area contributed by atoms with Gasteiger partial charge in [0.2, 0.25) is 5.91 Å². The van der Waals surface area contributed by atoms with Crippen molar-refractivity contribution in [2.45, 2.75) is 39.8 Å². The van der Waals surface area contributed by atoms with Gasteiger partial charge in [0.15, 0.2) is 11.5 Å². The van der Waals surface area contributed by atoms with Crippen LogP contribution in [0, 0.1) is 11.2 Å². The third kappa shape index (κ3) is 5.25. The Morgan fingerprint density at radius 1 is 1.22 bits per heavy atom. The fraction of sp³-hybridized carbons (Fsp3) is 0.562. The molecule has 0 aromatic heterocycles. The third-order valence-electron chi connectivity index (χ3n) is 3.54. The fourth-order valence-electron chi connectivity index (χ4n) is 1.98. The van der Waals surface area contributed by atoms with Crippen LogP contribution in [-0.4, -0.2) is 26.2 Å². The monoisotopic (exact) mass is 348 g/mol. The first-order valence-electron chi connectivity index (χ1n) is 7.09. The average Bonchev–Trinajstić information content (AvgIpc) is 2.44. The Morgan fingerprint density at radius 2 is 1.70 bits per heavy atom. The van der Waals surface area contributed by atoms with E-state index in [9.17, 15) is 9.18 Å². The molecule has 1 unspecified atom stereocenters. The van der Waals surface area contributed by atoms with Crippen LogP contribution in [0.1, 0.15) is 39.3 Å². The summed E-state index contributed by atoms with van der Waals surface area (Å²) >= 11 is 0. The number of ether oxygens (including phenoxy) is 2. The zero-order valence-corrected chi connectivity index (χ0v) is 15.2. The molecule has 0 bridgehead atoms. The molecule has 3 N–H and O–H groups in total. The average molecular weight is 349 g/mol.